The predicted molar refractivity (Wildman–Crippen MR) is 97.4 cm³/mol. The molecule has 1 N–H and O–H groups in total. The van der Waals surface area contributed by atoms with E-state index in [1.807, 2.05) is 19.1 Å². The predicted octanol–water partition coefficient (Wildman–Crippen LogP) is 4.59. The highest BCUT2D eigenvalue weighted by Crippen LogP contribution is 2.40. The number of benzene rings is 2. The van der Waals surface area contributed by atoms with E-state index in [0.717, 1.165) is 19.8 Å². The Labute approximate surface area is 161 Å². The van der Waals surface area contributed by atoms with Crippen LogP contribution < -0.4 is 4.74 Å². The average molecular weight is 474 g/mol. The topological polar surface area (TPSA) is 82.1 Å². The molecule has 0 atom stereocenters. The van der Waals surface area contributed by atoms with Gasteiger partial charge in [-0.1, -0.05) is 0 Å². The first-order chi connectivity index (χ1) is 11.8. The number of rotatable bonds is 4. The molecule has 0 heterocycles. The molecule has 0 fully saturated rings. The number of halogens is 2. The van der Waals surface area contributed by atoms with Crippen LogP contribution in [-0.4, -0.2) is 31.3 Å². The van der Waals surface area contributed by atoms with Gasteiger partial charge in [0.2, 0.25) is 0 Å². The fraction of sp³-hybridized carbons (Fsp3) is 0.176. The number of carbonyl (C=O) groups is 2. The summed E-state index contributed by atoms with van der Waals surface area (Å²) in [6.07, 6.45) is 0. The molecule has 8 heteroatoms. The Kier molecular flexibility index (Phi) is 6.07. The molecule has 0 aliphatic heterocycles. The molecule has 2 aromatic carbocycles. The van der Waals surface area contributed by atoms with Gasteiger partial charge in [-0.25, -0.2) is 9.59 Å². The Balaban J connectivity index is 2.66. The van der Waals surface area contributed by atoms with Gasteiger partial charge in [0.25, 0.3) is 0 Å². The van der Waals surface area contributed by atoms with Crippen LogP contribution >= 0.6 is 31.9 Å². The van der Waals surface area contributed by atoms with Crippen LogP contribution in [0.3, 0.4) is 0 Å². The van der Waals surface area contributed by atoms with Gasteiger partial charge in [0.15, 0.2) is 5.75 Å². The van der Waals surface area contributed by atoms with Gasteiger partial charge in [0, 0.05) is 0 Å². The number of aryl methyl sites for hydroxylation is 1. The minimum absolute atomic E-state index is 0.0373. The third-order valence-corrected chi connectivity index (χ3v) is 4.46. The molecule has 0 aliphatic rings. The molecule has 0 aliphatic carbocycles. The SMILES string of the molecule is COC(=O)c1c(O)ccc(Oc2c(Br)cc(C)cc2Br)c1C(=O)OC. The number of ether oxygens (including phenoxy) is 3. The quantitative estimate of drug-likeness (QED) is 0.654. The van der Waals surface area contributed by atoms with Gasteiger partial charge in [-0.15, -0.1) is 0 Å². The molecule has 0 radical (unpaired) electrons. The third kappa shape index (κ3) is 3.96. The van der Waals surface area contributed by atoms with E-state index in [9.17, 15) is 14.7 Å². The van der Waals surface area contributed by atoms with Crippen molar-refractivity contribution >= 4 is 43.8 Å². The number of phenolic OH excluding ortho intramolecular Hbond substituents is 1. The highest BCUT2D eigenvalue weighted by atomic mass is 79.9. The molecule has 6 nitrogen and oxygen atoms in total. The number of phenols is 1. The van der Waals surface area contributed by atoms with E-state index >= 15 is 0 Å². The van der Waals surface area contributed by atoms with E-state index in [2.05, 4.69) is 36.6 Å². The molecule has 0 saturated heterocycles. The zero-order chi connectivity index (χ0) is 18.7. The first-order valence-corrected chi connectivity index (χ1v) is 8.54. The summed E-state index contributed by atoms with van der Waals surface area (Å²) in [6, 6.07) is 6.27. The van der Waals surface area contributed by atoms with E-state index in [1.165, 1.54) is 12.1 Å². The van der Waals surface area contributed by atoms with Gasteiger partial charge in [0.05, 0.1) is 23.2 Å². The second-order valence-corrected chi connectivity index (χ2v) is 6.68. The summed E-state index contributed by atoms with van der Waals surface area (Å²) < 4.78 is 16.5. The lowest BCUT2D eigenvalue weighted by molar-refractivity contribution is 0.0549. The van der Waals surface area contributed by atoms with Crippen molar-refractivity contribution in [3.05, 3.63) is 49.9 Å². The average Bonchev–Trinajstić information content (AvgIpc) is 2.57. The van der Waals surface area contributed by atoms with Crippen LogP contribution in [0.4, 0.5) is 0 Å². The molecule has 0 unspecified atom stereocenters. The number of hydrogen-bond donors (Lipinski definition) is 1. The van der Waals surface area contributed by atoms with Crippen molar-refractivity contribution in [2.45, 2.75) is 6.92 Å². The lowest BCUT2D eigenvalue weighted by Crippen LogP contribution is -2.13. The van der Waals surface area contributed by atoms with Crippen LogP contribution in [0.5, 0.6) is 17.2 Å². The first-order valence-electron chi connectivity index (χ1n) is 6.96. The van der Waals surface area contributed by atoms with Crippen LogP contribution in [0.1, 0.15) is 26.3 Å². The maximum absolute atomic E-state index is 12.2. The van der Waals surface area contributed by atoms with Crippen LogP contribution in [-0.2, 0) is 9.47 Å². The van der Waals surface area contributed by atoms with E-state index in [-0.39, 0.29) is 16.9 Å². The van der Waals surface area contributed by atoms with E-state index in [1.54, 1.807) is 0 Å². The zero-order valence-corrected chi connectivity index (χ0v) is 16.7. The Bertz CT molecular complexity index is 824. The molecule has 2 rings (SSSR count). The second-order valence-electron chi connectivity index (χ2n) is 4.98. The second kappa shape index (κ2) is 7.88. The maximum atomic E-state index is 12.2. The largest absolute Gasteiger partial charge is 0.507 e. The zero-order valence-electron chi connectivity index (χ0n) is 13.6. The normalized spacial score (nSPS) is 10.3. The van der Waals surface area contributed by atoms with E-state index < -0.39 is 17.7 Å². The van der Waals surface area contributed by atoms with Crippen LogP contribution in [0, 0.1) is 6.92 Å². The Morgan fingerprint density at radius 2 is 1.48 bits per heavy atom. The van der Waals surface area contributed by atoms with Crippen molar-refractivity contribution in [1.82, 2.24) is 0 Å². The standard InChI is InChI=1S/C17H14Br2O6/c1-8-6-9(18)15(10(19)7-8)25-12-5-4-11(20)13(16(21)23-2)14(12)17(22)24-3/h4-7,20H,1-3H3. The highest BCUT2D eigenvalue weighted by molar-refractivity contribution is 9.11. The maximum Gasteiger partial charge on any atom is 0.342 e. The molecule has 0 bridgehead atoms. The Hall–Kier alpha value is -2.06. The molecular formula is C17H14Br2O6. The highest BCUT2D eigenvalue weighted by Gasteiger charge is 2.28. The lowest BCUT2D eigenvalue weighted by Gasteiger charge is -2.16. The molecule has 0 spiro atoms. The Morgan fingerprint density at radius 3 is 2.00 bits per heavy atom. The van der Waals surface area contributed by atoms with E-state index in [4.69, 9.17) is 9.47 Å². The molecule has 132 valence electrons. The monoisotopic (exact) mass is 472 g/mol. The summed E-state index contributed by atoms with van der Waals surface area (Å²) in [7, 11) is 2.30. The summed E-state index contributed by atoms with van der Waals surface area (Å²) in [4.78, 5) is 24.2. The summed E-state index contributed by atoms with van der Waals surface area (Å²) >= 11 is 6.79. The number of hydrogen-bond acceptors (Lipinski definition) is 6. The van der Waals surface area contributed by atoms with Crippen LogP contribution in [0.25, 0.3) is 0 Å². The molecule has 25 heavy (non-hydrogen) atoms. The van der Waals surface area contributed by atoms with Crippen molar-refractivity contribution in [1.29, 1.82) is 0 Å². The van der Waals surface area contributed by atoms with E-state index in [0.29, 0.717) is 14.7 Å². The Morgan fingerprint density at radius 1 is 0.960 bits per heavy atom. The third-order valence-electron chi connectivity index (χ3n) is 3.28. The van der Waals surface area contributed by atoms with Gasteiger partial charge in [0.1, 0.15) is 22.6 Å². The lowest BCUT2D eigenvalue weighted by atomic mass is 10.0. The fourth-order valence-corrected chi connectivity index (χ4v) is 3.74. The smallest absolute Gasteiger partial charge is 0.342 e. The molecule has 0 aromatic heterocycles. The van der Waals surface area contributed by atoms with Gasteiger partial charge < -0.3 is 19.3 Å². The molecule has 2 aromatic rings. The van der Waals surface area contributed by atoms with Crippen molar-refractivity contribution in [2.24, 2.45) is 0 Å². The summed E-state index contributed by atoms with van der Waals surface area (Å²) in [5.41, 5.74) is 0.431. The summed E-state index contributed by atoms with van der Waals surface area (Å²) in [5.74, 6) is -1.70. The number of aromatic hydroxyl groups is 1. The first kappa shape index (κ1) is 19.3. The fourth-order valence-electron chi connectivity index (χ4n) is 2.17. The summed E-state index contributed by atoms with van der Waals surface area (Å²) in [5, 5.41) is 9.99. The van der Waals surface area contributed by atoms with Crippen molar-refractivity contribution in [3.8, 4) is 17.2 Å². The van der Waals surface area contributed by atoms with Crippen molar-refractivity contribution in [3.63, 3.8) is 0 Å². The van der Waals surface area contributed by atoms with Gasteiger partial charge in [-0.05, 0) is 68.6 Å². The number of esters is 2. The number of carbonyl (C=O) groups excluding carboxylic acids is 2. The van der Waals surface area contributed by atoms with Gasteiger partial charge in [-0.2, -0.15) is 0 Å². The van der Waals surface area contributed by atoms with Gasteiger partial charge in [-0.3, -0.25) is 0 Å². The summed E-state index contributed by atoms with van der Waals surface area (Å²) in [6.45, 7) is 1.91. The molecule has 0 amide bonds. The minimum atomic E-state index is -0.884. The van der Waals surface area contributed by atoms with Crippen LogP contribution in [0.15, 0.2) is 33.2 Å². The van der Waals surface area contributed by atoms with Crippen molar-refractivity contribution < 1.29 is 28.9 Å². The van der Waals surface area contributed by atoms with Gasteiger partial charge >= 0.3 is 11.9 Å². The molecular weight excluding hydrogens is 460 g/mol. The molecule has 0 saturated carbocycles. The number of methoxy groups -OCH3 is 2. The van der Waals surface area contributed by atoms with Crippen LogP contribution in [0.2, 0.25) is 0 Å². The minimum Gasteiger partial charge on any atom is -0.507 e. The van der Waals surface area contributed by atoms with Crippen molar-refractivity contribution in [2.75, 3.05) is 14.2 Å².